The predicted molar refractivity (Wildman–Crippen MR) is 93.8 cm³/mol. The van der Waals surface area contributed by atoms with E-state index in [0.29, 0.717) is 18.4 Å². The minimum absolute atomic E-state index is 0. The van der Waals surface area contributed by atoms with Crippen LogP contribution in [0.5, 0.6) is 0 Å². The molecule has 1 aliphatic heterocycles. The first kappa shape index (κ1) is 18.4. The third-order valence-electron chi connectivity index (χ3n) is 7.38. The van der Waals surface area contributed by atoms with Crippen molar-refractivity contribution in [2.75, 3.05) is 19.7 Å². The molecule has 2 bridgehead atoms. The molecule has 0 radical (unpaired) electrons. The van der Waals surface area contributed by atoms with Crippen LogP contribution in [0, 0.1) is 23.2 Å². The number of ether oxygens (including phenoxy) is 1. The number of rotatable bonds is 3. The second kappa shape index (κ2) is 6.75. The largest absolute Gasteiger partial charge is 0.392 e. The summed E-state index contributed by atoms with van der Waals surface area (Å²) in [6.45, 7) is 4.20. The van der Waals surface area contributed by atoms with E-state index in [-0.39, 0.29) is 47.9 Å². The Balaban J connectivity index is 0.00000169. The number of aliphatic hydroxyl groups excluding tert-OH is 1. The number of likely N-dealkylation sites (tertiary alicyclic amines) is 1. The van der Waals surface area contributed by atoms with Crippen molar-refractivity contribution in [3.05, 3.63) is 0 Å². The Labute approximate surface area is 150 Å². The van der Waals surface area contributed by atoms with Crippen molar-refractivity contribution in [2.24, 2.45) is 28.9 Å². The number of carbonyl (C=O) groups excluding carboxylic acids is 1. The van der Waals surface area contributed by atoms with Crippen LogP contribution in [0.3, 0.4) is 0 Å². The van der Waals surface area contributed by atoms with Crippen molar-refractivity contribution in [3.63, 3.8) is 0 Å². The van der Waals surface area contributed by atoms with Crippen LogP contribution in [0.1, 0.15) is 45.4 Å². The van der Waals surface area contributed by atoms with Crippen LogP contribution in [-0.2, 0) is 9.53 Å². The number of aliphatic hydroxyl groups is 1. The van der Waals surface area contributed by atoms with Gasteiger partial charge in [0, 0.05) is 37.6 Å². The van der Waals surface area contributed by atoms with E-state index in [9.17, 15) is 9.90 Å². The summed E-state index contributed by atoms with van der Waals surface area (Å²) in [5.41, 5.74) is 6.23. The standard InChI is InChI=1S/C18H30N2O3.ClH/c1-2-23-14-10-13(21)18(14)5-7-20(8-6-18)17(22)15-11-3-4-12(9-11)16(15)19;/h11-16,21H,2-10,19H2,1H3;1H. The lowest BCUT2D eigenvalue weighted by Crippen LogP contribution is -2.63. The van der Waals surface area contributed by atoms with Crippen molar-refractivity contribution >= 4 is 18.3 Å². The lowest BCUT2D eigenvalue weighted by Gasteiger charge is -2.56. The number of nitrogens with two attached hydrogens (primary N) is 1. The minimum atomic E-state index is -0.263. The van der Waals surface area contributed by atoms with Gasteiger partial charge in [-0.1, -0.05) is 0 Å². The molecule has 1 saturated heterocycles. The van der Waals surface area contributed by atoms with Gasteiger partial charge in [0.05, 0.1) is 18.1 Å². The molecule has 6 atom stereocenters. The molecule has 0 aromatic carbocycles. The molecule has 6 heteroatoms. The van der Waals surface area contributed by atoms with Gasteiger partial charge in [0.2, 0.25) is 5.91 Å². The average Bonchev–Trinajstić information content (AvgIpc) is 3.15. The van der Waals surface area contributed by atoms with Gasteiger partial charge in [0.25, 0.3) is 0 Å². The van der Waals surface area contributed by atoms with Gasteiger partial charge >= 0.3 is 0 Å². The summed E-state index contributed by atoms with van der Waals surface area (Å²) in [4.78, 5) is 15.0. The molecule has 1 spiro atoms. The number of carbonyl (C=O) groups is 1. The Morgan fingerprint density at radius 3 is 2.46 bits per heavy atom. The molecule has 4 rings (SSSR count). The third kappa shape index (κ3) is 2.59. The van der Waals surface area contributed by atoms with E-state index >= 15 is 0 Å². The van der Waals surface area contributed by atoms with Crippen LogP contribution in [0.4, 0.5) is 0 Å². The molecule has 4 aliphatic rings. The molecule has 0 aromatic heterocycles. The Morgan fingerprint density at radius 2 is 1.92 bits per heavy atom. The number of nitrogens with zero attached hydrogens (tertiary/aromatic N) is 1. The van der Waals surface area contributed by atoms with E-state index in [4.69, 9.17) is 10.5 Å². The van der Waals surface area contributed by atoms with Crippen LogP contribution in [0.15, 0.2) is 0 Å². The minimum Gasteiger partial charge on any atom is -0.392 e. The maximum absolute atomic E-state index is 13.0. The second-order valence-electron chi connectivity index (χ2n) is 8.19. The average molecular weight is 359 g/mol. The van der Waals surface area contributed by atoms with Gasteiger partial charge in [0.1, 0.15) is 0 Å². The Hall–Kier alpha value is -0.360. The predicted octanol–water partition coefficient (Wildman–Crippen LogP) is 1.56. The highest BCUT2D eigenvalue weighted by atomic mass is 35.5. The topological polar surface area (TPSA) is 75.8 Å². The van der Waals surface area contributed by atoms with Gasteiger partial charge < -0.3 is 20.5 Å². The number of hydrogen-bond acceptors (Lipinski definition) is 4. The van der Waals surface area contributed by atoms with Gasteiger partial charge in [0.15, 0.2) is 0 Å². The zero-order chi connectivity index (χ0) is 16.2. The molecule has 1 amide bonds. The van der Waals surface area contributed by atoms with Crippen LogP contribution < -0.4 is 5.73 Å². The zero-order valence-electron chi connectivity index (χ0n) is 14.5. The highest BCUT2D eigenvalue weighted by Gasteiger charge is 2.57. The summed E-state index contributed by atoms with van der Waals surface area (Å²) < 4.78 is 5.81. The summed E-state index contributed by atoms with van der Waals surface area (Å²) in [6.07, 6.45) is 5.92. The fraction of sp³-hybridized carbons (Fsp3) is 0.944. The summed E-state index contributed by atoms with van der Waals surface area (Å²) in [6, 6.07) is 0.0719. The lowest BCUT2D eigenvalue weighted by atomic mass is 9.58. The maximum Gasteiger partial charge on any atom is 0.227 e. The van der Waals surface area contributed by atoms with E-state index in [2.05, 4.69) is 0 Å². The SMILES string of the molecule is CCOC1CC(O)C12CCN(C(=O)C1C3CCC(C3)C1N)CC2.Cl. The Bertz CT molecular complexity index is 477. The van der Waals surface area contributed by atoms with Crippen molar-refractivity contribution < 1.29 is 14.6 Å². The van der Waals surface area contributed by atoms with E-state index < -0.39 is 0 Å². The van der Waals surface area contributed by atoms with Crippen LogP contribution in [-0.4, -0.2) is 53.9 Å². The lowest BCUT2D eigenvalue weighted by molar-refractivity contribution is -0.210. The molecule has 6 unspecified atom stereocenters. The molecular weight excluding hydrogens is 328 g/mol. The van der Waals surface area contributed by atoms with Crippen molar-refractivity contribution in [1.82, 2.24) is 4.90 Å². The molecule has 1 heterocycles. The number of halogens is 1. The second-order valence-corrected chi connectivity index (χ2v) is 8.19. The molecule has 24 heavy (non-hydrogen) atoms. The first-order valence-corrected chi connectivity index (χ1v) is 9.41. The number of hydrogen-bond donors (Lipinski definition) is 2. The van der Waals surface area contributed by atoms with Gasteiger partial charge in [-0.05, 0) is 50.9 Å². The quantitative estimate of drug-likeness (QED) is 0.802. The van der Waals surface area contributed by atoms with Crippen molar-refractivity contribution in [2.45, 2.75) is 63.7 Å². The van der Waals surface area contributed by atoms with E-state index in [1.807, 2.05) is 11.8 Å². The monoisotopic (exact) mass is 358 g/mol. The Kier molecular flexibility index (Phi) is 5.18. The van der Waals surface area contributed by atoms with Crippen LogP contribution >= 0.6 is 12.4 Å². The summed E-state index contributed by atoms with van der Waals surface area (Å²) in [7, 11) is 0. The fourth-order valence-electron chi connectivity index (χ4n) is 5.87. The molecule has 3 N–H and O–H groups in total. The van der Waals surface area contributed by atoms with Gasteiger partial charge in [-0.25, -0.2) is 0 Å². The highest BCUT2D eigenvalue weighted by molar-refractivity contribution is 5.85. The van der Waals surface area contributed by atoms with E-state index in [1.165, 1.54) is 12.8 Å². The number of piperidine rings is 1. The summed E-state index contributed by atoms with van der Waals surface area (Å²) >= 11 is 0. The van der Waals surface area contributed by atoms with Gasteiger partial charge in [-0.3, -0.25) is 4.79 Å². The third-order valence-corrected chi connectivity index (χ3v) is 7.38. The van der Waals surface area contributed by atoms with Gasteiger partial charge in [-0.2, -0.15) is 0 Å². The van der Waals surface area contributed by atoms with Crippen LogP contribution in [0.2, 0.25) is 0 Å². The molecule has 3 saturated carbocycles. The van der Waals surface area contributed by atoms with Crippen molar-refractivity contribution in [3.8, 4) is 0 Å². The zero-order valence-corrected chi connectivity index (χ0v) is 15.3. The Morgan fingerprint density at radius 1 is 1.25 bits per heavy atom. The normalized spacial score (nSPS) is 42.7. The smallest absolute Gasteiger partial charge is 0.227 e. The van der Waals surface area contributed by atoms with E-state index in [1.54, 1.807) is 0 Å². The van der Waals surface area contributed by atoms with Crippen LogP contribution in [0.25, 0.3) is 0 Å². The van der Waals surface area contributed by atoms with Crippen molar-refractivity contribution in [1.29, 1.82) is 0 Å². The van der Waals surface area contributed by atoms with E-state index in [0.717, 1.165) is 38.8 Å². The molecule has 0 aromatic rings. The molecule has 138 valence electrons. The maximum atomic E-state index is 13.0. The molecule has 3 aliphatic carbocycles. The summed E-state index contributed by atoms with van der Waals surface area (Å²) in [5, 5.41) is 10.3. The first-order chi connectivity index (χ1) is 11.1. The number of amides is 1. The fourth-order valence-corrected chi connectivity index (χ4v) is 5.87. The molecule has 4 fully saturated rings. The molecule has 5 nitrogen and oxygen atoms in total. The number of fused-ring (bicyclic) bond motifs is 2. The summed E-state index contributed by atoms with van der Waals surface area (Å²) in [5.74, 6) is 1.42. The first-order valence-electron chi connectivity index (χ1n) is 9.41. The van der Waals surface area contributed by atoms with Gasteiger partial charge in [-0.15, -0.1) is 12.4 Å². The highest BCUT2D eigenvalue weighted by Crippen LogP contribution is 2.52. The molecular formula is C18H31ClN2O3.